The fourth-order valence-corrected chi connectivity index (χ4v) is 2.30. The minimum absolute atomic E-state index is 0.327. The fraction of sp³-hybridized carbons (Fsp3) is 0.250. The van der Waals surface area contributed by atoms with Crippen molar-refractivity contribution in [2.24, 2.45) is 0 Å². The first kappa shape index (κ1) is 10.9. The van der Waals surface area contributed by atoms with E-state index in [1.807, 2.05) is 12.1 Å². The lowest BCUT2D eigenvalue weighted by atomic mass is 10.2. The maximum Gasteiger partial charge on any atom is 0.336 e. The molecule has 0 radical (unpaired) electrons. The van der Waals surface area contributed by atoms with Gasteiger partial charge in [-0.2, -0.15) is 0 Å². The molecule has 0 aliphatic carbocycles. The van der Waals surface area contributed by atoms with Crippen LogP contribution in [0, 0.1) is 0 Å². The molecule has 0 fully saturated rings. The van der Waals surface area contributed by atoms with Gasteiger partial charge in [-0.3, -0.25) is 0 Å². The number of rotatable bonds is 2. The molecule has 2 aromatic rings. The van der Waals surface area contributed by atoms with Crippen molar-refractivity contribution in [2.45, 2.75) is 19.6 Å². The molecule has 4 heteroatoms. The van der Waals surface area contributed by atoms with Crippen molar-refractivity contribution in [1.29, 1.82) is 0 Å². The van der Waals surface area contributed by atoms with Crippen LogP contribution in [0.3, 0.4) is 0 Å². The SMILES string of the molecule is C[Si](C)(C)Oc1ccc2oc(=O)ccc2c1. The van der Waals surface area contributed by atoms with Crippen LogP contribution in [0.4, 0.5) is 0 Å². The van der Waals surface area contributed by atoms with Crippen molar-refractivity contribution in [1.82, 2.24) is 0 Å². The molecule has 16 heavy (non-hydrogen) atoms. The highest BCUT2D eigenvalue weighted by atomic mass is 28.4. The lowest BCUT2D eigenvalue weighted by Gasteiger charge is -2.19. The van der Waals surface area contributed by atoms with Gasteiger partial charge in [0.1, 0.15) is 11.3 Å². The van der Waals surface area contributed by atoms with Gasteiger partial charge < -0.3 is 8.84 Å². The molecule has 0 bridgehead atoms. The first-order valence-electron chi connectivity index (χ1n) is 5.17. The average molecular weight is 234 g/mol. The summed E-state index contributed by atoms with van der Waals surface area (Å²) < 4.78 is 10.9. The van der Waals surface area contributed by atoms with Crippen LogP contribution in [0.5, 0.6) is 5.75 Å². The van der Waals surface area contributed by atoms with Crippen LogP contribution >= 0.6 is 0 Å². The molecule has 0 amide bonds. The van der Waals surface area contributed by atoms with Gasteiger partial charge in [0.15, 0.2) is 0 Å². The van der Waals surface area contributed by atoms with Gasteiger partial charge in [0.25, 0.3) is 0 Å². The van der Waals surface area contributed by atoms with Crippen molar-refractivity contribution in [3.63, 3.8) is 0 Å². The van der Waals surface area contributed by atoms with Crippen LogP contribution in [0.15, 0.2) is 39.5 Å². The van der Waals surface area contributed by atoms with Crippen molar-refractivity contribution in [3.8, 4) is 5.75 Å². The molecule has 0 N–H and O–H groups in total. The van der Waals surface area contributed by atoms with Crippen molar-refractivity contribution < 1.29 is 8.84 Å². The molecule has 1 aromatic heterocycles. The first-order chi connectivity index (χ1) is 7.44. The van der Waals surface area contributed by atoms with E-state index in [4.69, 9.17) is 8.84 Å². The summed E-state index contributed by atoms with van der Waals surface area (Å²) in [5.74, 6) is 0.834. The molecular formula is C12H14O3Si. The van der Waals surface area contributed by atoms with E-state index in [-0.39, 0.29) is 5.63 Å². The van der Waals surface area contributed by atoms with Crippen LogP contribution in [0.25, 0.3) is 11.0 Å². The van der Waals surface area contributed by atoms with Crippen molar-refractivity contribution >= 4 is 19.3 Å². The Morgan fingerprint density at radius 2 is 1.88 bits per heavy atom. The van der Waals surface area contributed by atoms with Crippen molar-refractivity contribution in [3.05, 3.63) is 40.8 Å². The van der Waals surface area contributed by atoms with Gasteiger partial charge in [0.2, 0.25) is 8.32 Å². The minimum Gasteiger partial charge on any atom is -0.544 e. The van der Waals surface area contributed by atoms with Crippen LogP contribution < -0.4 is 10.1 Å². The van der Waals surface area contributed by atoms with E-state index in [1.165, 1.54) is 6.07 Å². The quantitative estimate of drug-likeness (QED) is 0.592. The molecule has 3 nitrogen and oxygen atoms in total. The predicted molar refractivity (Wildman–Crippen MR) is 66.5 cm³/mol. The Kier molecular flexibility index (Phi) is 2.59. The highest BCUT2D eigenvalue weighted by Gasteiger charge is 2.16. The Hall–Kier alpha value is -1.55. The summed E-state index contributed by atoms with van der Waals surface area (Å²) >= 11 is 0. The highest BCUT2D eigenvalue weighted by molar-refractivity contribution is 6.70. The Bertz CT molecular complexity index is 566. The fourth-order valence-electron chi connectivity index (χ4n) is 1.47. The Morgan fingerprint density at radius 1 is 1.12 bits per heavy atom. The molecule has 1 aromatic carbocycles. The Labute approximate surface area is 94.8 Å². The molecule has 1 heterocycles. The van der Waals surface area contributed by atoms with E-state index in [0.29, 0.717) is 5.58 Å². The molecule has 0 aliphatic rings. The highest BCUT2D eigenvalue weighted by Crippen LogP contribution is 2.21. The molecule has 0 saturated carbocycles. The summed E-state index contributed by atoms with van der Waals surface area (Å²) in [6.45, 7) is 6.38. The van der Waals surface area contributed by atoms with Gasteiger partial charge in [-0.15, -0.1) is 0 Å². The number of benzene rings is 1. The van der Waals surface area contributed by atoms with Gasteiger partial charge in [0, 0.05) is 11.5 Å². The molecule has 2 rings (SSSR count). The molecule has 0 atom stereocenters. The van der Waals surface area contributed by atoms with Gasteiger partial charge in [-0.25, -0.2) is 4.79 Å². The van der Waals surface area contributed by atoms with Crippen LogP contribution in [-0.4, -0.2) is 8.32 Å². The first-order valence-corrected chi connectivity index (χ1v) is 8.58. The predicted octanol–water partition coefficient (Wildman–Crippen LogP) is 3.01. The number of hydrogen-bond donors (Lipinski definition) is 0. The summed E-state index contributed by atoms with van der Waals surface area (Å²) in [5.41, 5.74) is 0.266. The third-order valence-corrected chi connectivity index (χ3v) is 2.86. The van der Waals surface area contributed by atoms with E-state index in [2.05, 4.69) is 19.6 Å². The normalized spacial score (nSPS) is 11.7. The Balaban J connectivity index is 2.45. The smallest absolute Gasteiger partial charge is 0.336 e. The monoisotopic (exact) mass is 234 g/mol. The van der Waals surface area contributed by atoms with E-state index in [0.717, 1.165) is 11.1 Å². The van der Waals surface area contributed by atoms with Gasteiger partial charge >= 0.3 is 5.63 Å². The number of hydrogen-bond acceptors (Lipinski definition) is 3. The average Bonchev–Trinajstić information content (AvgIpc) is 2.16. The van der Waals surface area contributed by atoms with E-state index < -0.39 is 8.32 Å². The molecule has 0 aliphatic heterocycles. The van der Waals surface area contributed by atoms with E-state index in [9.17, 15) is 4.79 Å². The number of fused-ring (bicyclic) bond motifs is 1. The second-order valence-electron chi connectivity index (χ2n) is 4.67. The lowest BCUT2D eigenvalue weighted by molar-refractivity contribution is 0.549. The molecule has 84 valence electrons. The molecule has 0 spiro atoms. The third-order valence-electron chi connectivity index (χ3n) is 2.01. The summed E-state index contributed by atoms with van der Waals surface area (Å²) in [4.78, 5) is 11.0. The maximum atomic E-state index is 11.0. The zero-order valence-corrected chi connectivity index (χ0v) is 10.6. The van der Waals surface area contributed by atoms with Crippen molar-refractivity contribution in [2.75, 3.05) is 0 Å². The second kappa shape index (κ2) is 3.79. The van der Waals surface area contributed by atoms with Gasteiger partial charge in [-0.05, 0) is 43.9 Å². The van der Waals surface area contributed by atoms with Crippen LogP contribution in [0.2, 0.25) is 19.6 Å². The van der Waals surface area contributed by atoms with E-state index in [1.54, 1.807) is 12.1 Å². The zero-order valence-electron chi connectivity index (χ0n) is 9.61. The third kappa shape index (κ3) is 2.52. The summed E-state index contributed by atoms with van der Waals surface area (Å²) in [6, 6.07) is 8.67. The lowest BCUT2D eigenvalue weighted by Crippen LogP contribution is -2.29. The minimum atomic E-state index is -1.59. The second-order valence-corrected chi connectivity index (χ2v) is 9.10. The van der Waals surface area contributed by atoms with Crippen LogP contribution in [0.1, 0.15) is 0 Å². The van der Waals surface area contributed by atoms with Gasteiger partial charge in [-0.1, -0.05) is 0 Å². The van der Waals surface area contributed by atoms with Crippen LogP contribution in [-0.2, 0) is 0 Å². The topological polar surface area (TPSA) is 39.4 Å². The molecular weight excluding hydrogens is 220 g/mol. The van der Waals surface area contributed by atoms with E-state index >= 15 is 0 Å². The molecule has 0 unspecified atom stereocenters. The standard InChI is InChI=1S/C12H14O3Si/c1-16(2,3)15-10-5-6-11-9(8-10)4-7-12(13)14-11/h4-8H,1-3H3. The largest absolute Gasteiger partial charge is 0.544 e. The van der Waals surface area contributed by atoms with Gasteiger partial charge in [0.05, 0.1) is 0 Å². The Morgan fingerprint density at radius 3 is 2.56 bits per heavy atom. The molecule has 0 saturated heterocycles. The summed E-state index contributed by atoms with van der Waals surface area (Å²) in [5, 5.41) is 0.885. The summed E-state index contributed by atoms with van der Waals surface area (Å²) in [6.07, 6.45) is 0. The maximum absolute atomic E-state index is 11.0. The summed E-state index contributed by atoms with van der Waals surface area (Å²) in [7, 11) is -1.59. The zero-order chi connectivity index (χ0) is 11.8.